The van der Waals surface area contributed by atoms with E-state index in [2.05, 4.69) is 17.6 Å². The summed E-state index contributed by atoms with van der Waals surface area (Å²) < 4.78 is 13.0. The summed E-state index contributed by atoms with van der Waals surface area (Å²) in [6.45, 7) is 3.56. The van der Waals surface area contributed by atoms with Gasteiger partial charge in [-0.3, -0.25) is 4.79 Å². The first kappa shape index (κ1) is 16.0. The molecule has 1 amide bonds. The molecule has 0 aliphatic heterocycles. The summed E-state index contributed by atoms with van der Waals surface area (Å²) in [6, 6.07) is 6.91. The van der Waals surface area contributed by atoms with Crippen LogP contribution >= 0.6 is 0 Å². The molecule has 0 heterocycles. The molecule has 3 nitrogen and oxygen atoms in total. The molecule has 1 aliphatic carbocycles. The molecule has 1 aromatic carbocycles. The maximum Gasteiger partial charge on any atom is 0.223 e. The highest BCUT2D eigenvalue weighted by Gasteiger charge is 2.29. The molecular weight excluding hydrogens is 267 g/mol. The quantitative estimate of drug-likeness (QED) is 0.686. The lowest BCUT2D eigenvalue weighted by Gasteiger charge is -2.19. The van der Waals surface area contributed by atoms with E-state index in [1.807, 2.05) is 12.1 Å². The number of benzene rings is 1. The zero-order valence-corrected chi connectivity index (χ0v) is 12.7. The zero-order chi connectivity index (χ0) is 15.1. The Morgan fingerprint density at radius 1 is 1.29 bits per heavy atom. The molecule has 1 atom stereocenters. The molecule has 21 heavy (non-hydrogen) atoms. The van der Waals surface area contributed by atoms with Crippen molar-refractivity contribution < 1.29 is 9.18 Å². The van der Waals surface area contributed by atoms with Gasteiger partial charge in [0, 0.05) is 25.0 Å². The first-order chi connectivity index (χ1) is 10.2. The number of nitrogens with one attached hydrogen (secondary N) is 2. The second-order valence-electron chi connectivity index (χ2n) is 5.77. The van der Waals surface area contributed by atoms with E-state index in [1.165, 1.54) is 12.1 Å². The van der Waals surface area contributed by atoms with Crippen LogP contribution in [-0.2, 0) is 4.79 Å². The van der Waals surface area contributed by atoms with E-state index in [-0.39, 0.29) is 23.7 Å². The van der Waals surface area contributed by atoms with Gasteiger partial charge in [0.25, 0.3) is 0 Å². The Morgan fingerprint density at radius 3 is 2.62 bits per heavy atom. The van der Waals surface area contributed by atoms with Crippen LogP contribution in [0.25, 0.3) is 0 Å². The monoisotopic (exact) mass is 292 g/mol. The number of hydrogen-bond acceptors (Lipinski definition) is 2. The van der Waals surface area contributed by atoms with Gasteiger partial charge in [-0.25, -0.2) is 4.39 Å². The molecule has 116 valence electrons. The summed E-state index contributed by atoms with van der Waals surface area (Å²) in [5, 5.41) is 6.42. The van der Waals surface area contributed by atoms with E-state index in [0.29, 0.717) is 6.54 Å². The van der Waals surface area contributed by atoms with Crippen LogP contribution in [0, 0.1) is 11.7 Å². The number of rotatable bonds is 9. The van der Waals surface area contributed by atoms with Crippen LogP contribution in [0.3, 0.4) is 0 Å². The largest absolute Gasteiger partial charge is 0.355 e. The summed E-state index contributed by atoms with van der Waals surface area (Å²) >= 11 is 0. The van der Waals surface area contributed by atoms with E-state index in [1.54, 1.807) is 0 Å². The fraction of sp³-hybridized carbons (Fsp3) is 0.588. The minimum Gasteiger partial charge on any atom is -0.355 e. The summed E-state index contributed by atoms with van der Waals surface area (Å²) in [4.78, 5) is 11.5. The zero-order valence-electron chi connectivity index (χ0n) is 12.7. The van der Waals surface area contributed by atoms with Crippen molar-refractivity contribution in [2.45, 2.75) is 45.1 Å². The van der Waals surface area contributed by atoms with Crippen LogP contribution in [0.5, 0.6) is 0 Å². The number of unbranched alkanes of at least 4 members (excludes halogenated alkanes) is 1. The Kier molecular flexibility index (Phi) is 6.18. The van der Waals surface area contributed by atoms with Crippen molar-refractivity contribution in [1.29, 1.82) is 0 Å². The van der Waals surface area contributed by atoms with Crippen LogP contribution in [0.4, 0.5) is 4.39 Å². The molecule has 0 aromatic heterocycles. The lowest BCUT2D eigenvalue weighted by atomic mass is 10.0. The summed E-state index contributed by atoms with van der Waals surface area (Å²) in [5.74, 6) is 0.242. The number of carbonyl (C=O) groups is 1. The average Bonchev–Trinajstić information content (AvgIpc) is 3.32. The Bertz CT molecular complexity index is 443. The lowest BCUT2D eigenvalue weighted by molar-refractivity contribution is -0.122. The van der Waals surface area contributed by atoms with Crippen LogP contribution in [0.2, 0.25) is 0 Å². The fourth-order valence-electron chi connectivity index (χ4n) is 2.41. The predicted molar refractivity (Wildman–Crippen MR) is 82.4 cm³/mol. The van der Waals surface area contributed by atoms with E-state index >= 15 is 0 Å². The van der Waals surface area contributed by atoms with Crippen LogP contribution in [0.15, 0.2) is 24.3 Å². The van der Waals surface area contributed by atoms with Crippen molar-refractivity contribution in [2.75, 3.05) is 13.1 Å². The Balaban J connectivity index is 1.78. The Hall–Kier alpha value is -1.42. The van der Waals surface area contributed by atoms with Crippen molar-refractivity contribution in [3.05, 3.63) is 35.6 Å². The van der Waals surface area contributed by atoms with Gasteiger partial charge in [-0.1, -0.05) is 31.9 Å². The highest BCUT2D eigenvalue weighted by atomic mass is 19.1. The normalized spacial score (nSPS) is 15.7. The first-order valence-corrected chi connectivity index (χ1v) is 7.97. The highest BCUT2D eigenvalue weighted by molar-refractivity contribution is 5.80. The van der Waals surface area contributed by atoms with Crippen LogP contribution < -0.4 is 10.6 Å². The molecule has 1 aromatic rings. The van der Waals surface area contributed by atoms with E-state index in [0.717, 1.165) is 44.2 Å². The van der Waals surface area contributed by atoms with Crippen molar-refractivity contribution in [3.8, 4) is 0 Å². The van der Waals surface area contributed by atoms with Gasteiger partial charge >= 0.3 is 0 Å². The van der Waals surface area contributed by atoms with Crippen molar-refractivity contribution in [3.63, 3.8) is 0 Å². The lowest BCUT2D eigenvalue weighted by Crippen LogP contribution is -2.34. The molecule has 1 aliphatic rings. The summed E-state index contributed by atoms with van der Waals surface area (Å²) in [6.07, 6.45) is 5.36. The molecule has 2 rings (SSSR count). The van der Waals surface area contributed by atoms with Gasteiger partial charge in [-0.2, -0.15) is 0 Å². The second kappa shape index (κ2) is 8.13. The van der Waals surface area contributed by atoms with Gasteiger partial charge < -0.3 is 10.6 Å². The number of hydrogen-bond donors (Lipinski definition) is 2. The molecular formula is C17H25FN2O. The van der Waals surface area contributed by atoms with E-state index in [9.17, 15) is 9.18 Å². The number of amides is 1. The van der Waals surface area contributed by atoms with Gasteiger partial charge in [-0.05, 0) is 37.0 Å². The average molecular weight is 292 g/mol. The summed E-state index contributed by atoms with van der Waals surface area (Å²) in [5.41, 5.74) is 1.11. The molecule has 0 saturated heterocycles. The maximum absolute atomic E-state index is 13.0. The van der Waals surface area contributed by atoms with Gasteiger partial charge in [0.15, 0.2) is 0 Å². The molecule has 1 fully saturated rings. The third kappa shape index (κ3) is 5.46. The maximum atomic E-state index is 13.0. The molecule has 4 heteroatoms. The van der Waals surface area contributed by atoms with Crippen molar-refractivity contribution in [2.24, 2.45) is 5.92 Å². The fourth-order valence-corrected chi connectivity index (χ4v) is 2.41. The highest BCUT2D eigenvalue weighted by Crippen LogP contribution is 2.28. The molecule has 0 spiro atoms. The standard InChI is InChI=1S/C17H25FN2O/c1-2-3-4-16(13-7-9-15(18)10-8-13)19-11-12-20-17(21)14-5-6-14/h7-10,14,16,19H,2-6,11-12H2,1H3,(H,20,21). The molecule has 0 radical (unpaired) electrons. The van der Waals surface area contributed by atoms with Crippen LogP contribution in [0.1, 0.15) is 50.6 Å². The first-order valence-electron chi connectivity index (χ1n) is 7.97. The van der Waals surface area contributed by atoms with Crippen molar-refractivity contribution in [1.82, 2.24) is 10.6 Å². The molecule has 2 N–H and O–H groups in total. The third-order valence-electron chi connectivity index (χ3n) is 3.88. The van der Waals surface area contributed by atoms with Gasteiger partial charge in [0.2, 0.25) is 5.91 Å². The number of halogens is 1. The second-order valence-corrected chi connectivity index (χ2v) is 5.77. The Labute approximate surface area is 126 Å². The minimum absolute atomic E-state index is 0.184. The number of carbonyl (C=O) groups excluding carboxylic acids is 1. The smallest absolute Gasteiger partial charge is 0.223 e. The topological polar surface area (TPSA) is 41.1 Å². The van der Waals surface area contributed by atoms with Crippen molar-refractivity contribution >= 4 is 5.91 Å². The minimum atomic E-state index is -0.204. The van der Waals surface area contributed by atoms with E-state index in [4.69, 9.17) is 0 Å². The van der Waals surface area contributed by atoms with Gasteiger partial charge in [-0.15, -0.1) is 0 Å². The SMILES string of the molecule is CCCCC(NCCNC(=O)C1CC1)c1ccc(F)cc1. The molecule has 1 unspecified atom stereocenters. The van der Waals surface area contributed by atoms with Crippen LogP contribution in [-0.4, -0.2) is 19.0 Å². The predicted octanol–water partition coefficient (Wildman–Crippen LogP) is 3.17. The van der Waals surface area contributed by atoms with E-state index < -0.39 is 0 Å². The van der Waals surface area contributed by atoms with Gasteiger partial charge in [0.05, 0.1) is 0 Å². The van der Waals surface area contributed by atoms with Gasteiger partial charge in [0.1, 0.15) is 5.82 Å². The molecule has 1 saturated carbocycles. The Morgan fingerprint density at radius 2 is 2.00 bits per heavy atom. The molecule has 0 bridgehead atoms. The summed E-state index contributed by atoms with van der Waals surface area (Å²) in [7, 11) is 0. The third-order valence-corrected chi connectivity index (χ3v) is 3.88.